The Morgan fingerprint density at radius 3 is 1.59 bits per heavy atom. The number of nitrogens with one attached hydrogen (secondary N) is 2. The number of aliphatic hydroxyl groups excluding tert-OH is 7. The van der Waals surface area contributed by atoms with E-state index in [9.17, 15) is 43.5 Å². The van der Waals surface area contributed by atoms with Crippen LogP contribution in [0.4, 0.5) is 11.9 Å². The fourth-order valence-corrected chi connectivity index (χ4v) is 7.94. The first-order valence-electron chi connectivity index (χ1n) is 16.5. The van der Waals surface area contributed by atoms with Gasteiger partial charge in [-0.05, 0) is 0 Å². The van der Waals surface area contributed by atoms with Crippen LogP contribution in [0.15, 0.2) is 22.2 Å². The lowest BCUT2D eigenvalue weighted by Gasteiger charge is -2.27. The number of nitrogens with zero attached hydrogens (tertiary/aromatic N) is 6. The maximum atomic E-state index is 11.8. The molecular formula is C26H36N10O20P2. The zero-order chi connectivity index (χ0) is 42.4. The Bertz CT molecular complexity index is 2200. The first kappa shape index (κ1) is 43.4. The summed E-state index contributed by atoms with van der Waals surface area (Å²) in [6.07, 6.45) is -12.5. The number of carbonyl (C=O) groups excluding carboxylic acids is 1. The van der Waals surface area contributed by atoms with Gasteiger partial charge in [0.25, 0.3) is 11.1 Å². The van der Waals surface area contributed by atoms with Gasteiger partial charge in [0.15, 0.2) is 41.1 Å². The third-order valence-corrected chi connectivity index (χ3v) is 10.8. The quantitative estimate of drug-likeness (QED) is 0.0606. The second-order valence-corrected chi connectivity index (χ2v) is 15.5. The minimum Gasteiger partial charge on any atom is -0.394 e. The summed E-state index contributed by atoms with van der Waals surface area (Å²) in [7, 11) is -8.43. The Morgan fingerprint density at radius 2 is 1.21 bits per heavy atom. The van der Waals surface area contributed by atoms with Crippen LogP contribution in [0.5, 0.6) is 0 Å². The lowest BCUT2D eigenvalue weighted by molar-refractivity contribution is -0.136. The number of nitrogens with two attached hydrogens (primary N) is 2. The number of hydrogen-bond acceptors (Lipinski definition) is 24. The van der Waals surface area contributed by atoms with E-state index in [1.54, 1.807) is 0 Å². The van der Waals surface area contributed by atoms with Crippen LogP contribution in [0.25, 0.3) is 22.3 Å². The van der Waals surface area contributed by atoms with Gasteiger partial charge in [0.2, 0.25) is 11.9 Å². The number of hydrogen-bond donors (Lipinski definition) is 13. The largest absolute Gasteiger partial charge is 0.472 e. The molecule has 4 saturated heterocycles. The van der Waals surface area contributed by atoms with Crippen LogP contribution in [0, 0.1) is 0 Å². The molecule has 0 bridgehead atoms. The number of imidazole rings is 2. The summed E-state index contributed by atoms with van der Waals surface area (Å²) in [6.45, 7) is -1.19. The molecule has 0 amide bonds. The van der Waals surface area contributed by atoms with Gasteiger partial charge < -0.3 is 71.3 Å². The summed E-state index contributed by atoms with van der Waals surface area (Å²) in [5.41, 5.74) is 10.2. The number of phosphoric ester groups is 2. The minimum absolute atomic E-state index is 0.0230. The summed E-state index contributed by atoms with van der Waals surface area (Å²) < 4.78 is 55.8. The number of carbonyl (C=O) groups is 1. The number of ether oxygens (including phenoxy) is 2. The summed E-state index contributed by atoms with van der Waals surface area (Å²) in [5, 5.41) is 64.2. The monoisotopic (exact) mass is 870 g/mol. The maximum absolute atomic E-state index is 11.8. The molecule has 8 heterocycles. The maximum Gasteiger partial charge on any atom is 0.472 e. The highest BCUT2D eigenvalue weighted by molar-refractivity contribution is 7.47. The number of aliphatic hydroxyl groups is 7. The van der Waals surface area contributed by atoms with Gasteiger partial charge in [0.05, 0.1) is 32.5 Å². The zero-order valence-corrected chi connectivity index (χ0v) is 30.8. The Labute approximate surface area is 320 Å². The molecule has 0 aromatic carbocycles. The van der Waals surface area contributed by atoms with Crippen LogP contribution in [0.3, 0.4) is 0 Å². The lowest BCUT2D eigenvalue weighted by atomic mass is 10.0. The Kier molecular flexibility index (Phi) is 12.6. The molecule has 0 aliphatic carbocycles. The number of aromatic amines is 2. The minimum atomic E-state index is -4.22. The van der Waals surface area contributed by atoms with Gasteiger partial charge in [-0.3, -0.25) is 46.8 Å². The van der Waals surface area contributed by atoms with Gasteiger partial charge in [-0.15, -0.1) is 0 Å². The zero-order valence-electron chi connectivity index (χ0n) is 29.0. The number of fused-ring (bicyclic) bond motifs is 4. The third kappa shape index (κ3) is 8.73. The van der Waals surface area contributed by atoms with E-state index in [0.29, 0.717) is 0 Å². The molecule has 8 rings (SSSR count). The van der Waals surface area contributed by atoms with Gasteiger partial charge in [0.1, 0.15) is 61.0 Å². The summed E-state index contributed by atoms with van der Waals surface area (Å²) >= 11 is 0. The van der Waals surface area contributed by atoms with Crippen molar-refractivity contribution in [1.82, 2.24) is 39.0 Å². The normalized spacial score (nSPS) is 33.8. The predicted octanol–water partition coefficient (Wildman–Crippen LogP) is -6.43. The van der Waals surface area contributed by atoms with Gasteiger partial charge in [-0.25, -0.2) is 19.1 Å². The molecule has 58 heavy (non-hydrogen) atoms. The summed E-state index contributed by atoms with van der Waals surface area (Å²) in [5.74, 6) is -0.234. The van der Waals surface area contributed by atoms with Gasteiger partial charge in [0, 0.05) is 0 Å². The number of aromatic nitrogens is 8. The van der Waals surface area contributed by atoms with E-state index >= 15 is 0 Å². The number of nitrogen functional groups attached to an aromatic ring is 2. The van der Waals surface area contributed by atoms with E-state index in [-0.39, 0.29) is 53.7 Å². The van der Waals surface area contributed by atoms with E-state index in [1.807, 2.05) is 0 Å². The van der Waals surface area contributed by atoms with E-state index in [0.717, 1.165) is 0 Å². The molecule has 0 saturated carbocycles. The molecule has 15 N–H and O–H groups in total. The third-order valence-electron chi connectivity index (χ3n) is 8.80. The van der Waals surface area contributed by atoms with Crippen molar-refractivity contribution in [3.8, 4) is 0 Å². The van der Waals surface area contributed by atoms with Crippen LogP contribution in [0.1, 0.15) is 12.5 Å². The molecule has 0 spiro atoms. The average molecular weight is 871 g/mol. The number of phosphoric acid groups is 2. The van der Waals surface area contributed by atoms with Crippen molar-refractivity contribution in [2.45, 2.75) is 73.5 Å². The molecule has 2 unspecified atom stereocenters. The lowest BCUT2D eigenvalue weighted by Crippen LogP contribution is -2.46. The number of H-pyrrole nitrogens is 2. The van der Waals surface area contributed by atoms with Crippen molar-refractivity contribution in [3.63, 3.8) is 0 Å². The highest BCUT2D eigenvalue weighted by atomic mass is 31.2. The van der Waals surface area contributed by atoms with Crippen molar-refractivity contribution in [2.75, 3.05) is 31.3 Å². The molecule has 320 valence electrons. The van der Waals surface area contributed by atoms with E-state index in [4.69, 9.17) is 55.5 Å². The number of anilines is 2. The van der Waals surface area contributed by atoms with Crippen molar-refractivity contribution in [1.29, 1.82) is 0 Å². The molecule has 4 aromatic heterocycles. The van der Waals surface area contributed by atoms with Gasteiger partial charge >= 0.3 is 15.6 Å². The molecule has 4 fully saturated rings. The smallest absolute Gasteiger partial charge is 0.394 e. The number of rotatable bonds is 7. The van der Waals surface area contributed by atoms with Crippen LogP contribution < -0.4 is 22.6 Å². The fraction of sp³-hybridized carbons (Fsp3) is 0.577. The predicted molar refractivity (Wildman–Crippen MR) is 183 cm³/mol. The van der Waals surface area contributed by atoms with Crippen molar-refractivity contribution in [3.05, 3.63) is 33.4 Å². The van der Waals surface area contributed by atoms with E-state index in [1.165, 1.54) is 21.8 Å². The van der Waals surface area contributed by atoms with Gasteiger partial charge in [-0.2, -0.15) is 9.97 Å². The Hall–Kier alpha value is -4.17. The molecule has 4 aliphatic rings. The van der Waals surface area contributed by atoms with E-state index < -0.39 is 107 Å². The first-order valence-corrected chi connectivity index (χ1v) is 19.5. The molecule has 4 aromatic rings. The molecule has 32 heteroatoms. The first-order chi connectivity index (χ1) is 27.3. The summed E-state index contributed by atoms with van der Waals surface area (Å²) in [4.78, 5) is 72.6. The molecule has 14 atom stereocenters. The molecule has 0 radical (unpaired) electrons. The van der Waals surface area contributed by atoms with Crippen LogP contribution >= 0.6 is 15.6 Å². The summed E-state index contributed by atoms with van der Waals surface area (Å²) in [6, 6.07) is 0. The molecule has 4 aliphatic heterocycles. The topological polar surface area (TPSA) is 468 Å². The standard InChI is InChI=1S/2C10H12N5O7P.C6H12O6/c2*11-10-13-7-4(8(17)14-10)12-2-15(7)9-5(16)6-3(21-9)1-20-23(18,19)22-6;7-1-3(9)5(11)6(12)4(10)2-8/h2*2-3,5-6,9,16H,1H2,(H,18,19)(H3,11,13,14,17);1,3-6,8-12H,2H2/t2*3-,5-,6-,9-;3-,4+,5+,6+/m110/s1. The average Bonchev–Trinajstić information content (AvgIpc) is 3.94. The highest BCUT2D eigenvalue weighted by Gasteiger charge is 2.54. The van der Waals surface area contributed by atoms with Crippen LogP contribution in [-0.4, -0.2) is 172 Å². The SMILES string of the molecule is Nc1nc2c(ncn2[C@@H]2O[C@@H]3COP(=O)(O)O[C@H]3[C@H]2O)c(=O)[nH]1.Nc1nc2c(ncn2[C@@H]2O[C@@H]3COP(=O)(O)O[C@H]3[C@H]2O)c(=O)[nH]1.O=C[C@H](O)[C@@H](O)[C@H](O)[C@H](O)CO. The Morgan fingerprint density at radius 1 is 0.793 bits per heavy atom. The molecular weight excluding hydrogens is 834 g/mol. The van der Waals surface area contributed by atoms with Gasteiger partial charge in [-0.1, -0.05) is 0 Å². The van der Waals surface area contributed by atoms with Crippen molar-refractivity contribution in [2.24, 2.45) is 0 Å². The second-order valence-electron chi connectivity index (χ2n) is 12.7. The van der Waals surface area contributed by atoms with Crippen molar-refractivity contribution >= 4 is 56.2 Å². The second kappa shape index (κ2) is 16.8. The Balaban J connectivity index is 0.000000155. The van der Waals surface area contributed by atoms with Crippen LogP contribution in [-0.2, 0) is 41.5 Å². The fourth-order valence-electron chi connectivity index (χ4n) is 6.01. The molecule has 30 nitrogen and oxygen atoms in total. The van der Waals surface area contributed by atoms with Crippen molar-refractivity contribution < 1.29 is 87.0 Å². The number of aldehydes is 1. The van der Waals surface area contributed by atoms with E-state index in [2.05, 4.69) is 39.0 Å². The van der Waals surface area contributed by atoms with Crippen LogP contribution in [0.2, 0.25) is 0 Å². The highest BCUT2D eigenvalue weighted by Crippen LogP contribution is 2.53.